The Kier molecular flexibility index (Phi) is 10.0. The monoisotopic (exact) mass is 919 g/mol. The van der Waals surface area contributed by atoms with Gasteiger partial charge in [0.1, 0.15) is 11.2 Å². The van der Waals surface area contributed by atoms with Crippen molar-refractivity contribution in [3.8, 4) is 22.3 Å². The van der Waals surface area contributed by atoms with Crippen LogP contribution in [-0.2, 0) is 28.1 Å². The van der Waals surface area contributed by atoms with Crippen LogP contribution in [0, 0.1) is 27.7 Å². The smallest absolute Gasteiger partial charge is 0.375 e. The summed E-state index contributed by atoms with van der Waals surface area (Å²) in [4.78, 5) is 5.35. The Morgan fingerprint density at radius 1 is 0.557 bits per heavy atom. The lowest BCUT2D eigenvalue weighted by Gasteiger charge is -2.46. The molecule has 0 atom stereocenters. The van der Waals surface area contributed by atoms with E-state index in [4.69, 9.17) is 4.42 Å². The Morgan fingerprint density at radius 3 is 1.83 bits per heavy atom. The van der Waals surface area contributed by atoms with Crippen molar-refractivity contribution < 1.29 is 4.42 Å². The van der Waals surface area contributed by atoms with Crippen LogP contribution in [0.1, 0.15) is 151 Å². The molecule has 70 heavy (non-hydrogen) atoms. The second-order valence-corrected chi connectivity index (χ2v) is 24.7. The van der Waals surface area contributed by atoms with E-state index in [0.29, 0.717) is 0 Å². The Morgan fingerprint density at radius 2 is 1.17 bits per heavy atom. The fourth-order valence-corrected chi connectivity index (χ4v) is 13.8. The van der Waals surface area contributed by atoms with Crippen LogP contribution in [0.3, 0.4) is 0 Å². The Bertz CT molecular complexity index is 3470. The van der Waals surface area contributed by atoms with Crippen LogP contribution in [0.5, 0.6) is 0 Å². The van der Waals surface area contributed by atoms with Crippen molar-refractivity contribution >= 4 is 68.1 Å². The molecule has 1 aromatic heterocycles. The minimum Gasteiger partial charge on any atom is -0.466 e. The largest absolute Gasteiger partial charge is 0.466 e. The molecule has 4 aliphatic rings. The topological polar surface area (TPSA) is 19.6 Å². The highest BCUT2D eigenvalue weighted by Gasteiger charge is 2.50. The number of benzene rings is 7. The number of aryl methyl sites for hydroxylation is 5. The predicted molar refractivity (Wildman–Crippen MR) is 301 cm³/mol. The zero-order chi connectivity index (χ0) is 49.0. The summed E-state index contributed by atoms with van der Waals surface area (Å²) in [6, 6.07) is 43.4. The highest BCUT2D eigenvalue weighted by Crippen LogP contribution is 2.56. The average molecular weight is 919 g/mol. The van der Waals surface area contributed by atoms with Crippen LogP contribution in [0.25, 0.3) is 44.0 Å². The molecule has 0 bridgehead atoms. The molecule has 3 nitrogen and oxygen atoms in total. The Hall–Kier alpha value is -6.00. The first-order valence-electron chi connectivity index (χ1n) is 26.5. The Labute approximate surface area is 418 Å². The molecular formula is C66H71BN2O. The molecule has 3 heterocycles. The molecule has 0 spiro atoms. The fourth-order valence-electron chi connectivity index (χ4n) is 13.8. The van der Waals surface area contributed by atoms with Crippen molar-refractivity contribution in [3.05, 3.63) is 159 Å². The standard InChI is InChI=1S/C66H71BN2O/c1-14-15-18-43-21-24-46(25-22-43)69-54-26-23-44-19-16-17-20-47(44)59(54)49-34-45(58-41(4)31-39(2)32-42(58)5)35-56-60(49)67(69)62-61(48-36-51-53(38-57(48)70-62)66(12,13)30-28-64(51,8)9)68(56)55-37-52-50(33-40(55)3)63(6,7)27-29-65(52,10)11/h16-17,19-26,31-38H,14-15,18,27-30H2,1-13H3. The number of rotatable bonds is 6. The zero-order valence-corrected chi connectivity index (χ0v) is 44.2. The third-order valence-electron chi connectivity index (χ3n) is 17.9. The van der Waals surface area contributed by atoms with E-state index in [0.717, 1.165) is 36.9 Å². The number of unbranched alkanes of at least 4 members (excludes halogenated alkanes) is 1. The van der Waals surface area contributed by atoms with Crippen molar-refractivity contribution in [3.63, 3.8) is 0 Å². The molecule has 0 radical (unpaired) electrons. The van der Waals surface area contributed by atoms with Gasteiger partial charge in [-0.15, -0.1) is 0 Å². The van der Waals surface area contributed by atoms with Gasteiger partial charge in [0.05, 0.1) is 5.69 Å². The maximum absolute atomic E-state index is 7.76. The van der Waals surface area contributed by atoms with Gasteiger partial charge in [-0.3, -0.25) is 0 Å². The summed E-state index contributed by atoms with van der Waals surface area (Å²) in [5.41, 5.74) is 27.1. The van der Waals surface area contributed by atoms with Crippen LogP contribution < -0.4 is 20.8 Å². The molecule has 0 amide bonds. The van der Waals surface area contributed by atoms with Crippen LogP contribution in [0.2, 0.25) is 0 Å². The summed E-state index contributed by atoms with van der Waals surface area (Å²) in [5.74, 6) is 0. The highest BCUT2D eigenvalue weighted by molar-refractivity contribution is 6.93. The summed E-state index contributed by atoms with van der Waals surface area (Å²) < 4.78 is 7.76. The van der Waals surface area contributed by atoms with E-state index in [-0.39, 0.29) is 28.5 Å². The normalized spacial score (nSPS) is 17.8. The van der Waals surface area contributed by atoms with E-state index in [9.17, 15) is 0 Å². The maximum atomic E-state index is 7.76. The van der Waals surface area contributed by atoms with Gasteiger partial charge >= 0.3 is 6.85 Å². The summed E-state index contributed by atoms with van der Waals surface area (Å²) in [5, 5.41) is 3.73. The van der Waals surface area contributed by atoms with E-state index in [1.54, 1.807) is 0 Å². The molecule has 7 aromatic carbocycles. The summed E-state index contributed by atoms with van der Waals surface area (Å²) >= 11 is 0. The van der Waals surface area contributed by atoms with Gasteiger partial charge in [0, 0.05) is 33.7 Å². The van der Waals surface area contributed by atoms with Crippen molar-refractivity contribution in [1.82, 2.24) is 0 Å². The lowest BCUT2D eigenvalue weighted by atomic mass is 9.45. The summed E-state index contributed by atoms with van der Waals surface area (Å²) in [7, 11) is 0. The second kappa shape index (κ2) is 15.5. The minimum atomic E-state index is -0.237. The SMILES string of the molecule is CCCCc1ccc(N2B3c4oc5cc6c(cc5c4N(c4cc5c(cc4C)C(C)(C)CCC5(C)C)c4cc(-c5c(C)cc(C)cc5C)cc(c43)-c3c2ccc2ccccc32)C(C)(C)CCC6(C)C)cc1. The number of fused-ring (bicyclic) bond motifs is 10. The molecule has 4 heteroatoms. The van der Waals surface area contributed by atoms with E-state index < -0.39 is 0 Å². The first-order valence-corrected chi connectivity index (χ1v) is 26.5. The van der Waals surface area contributed by atoms with E-state index in [1.807, 2.05) is 0 Å². The fraction of sp³-hybridized carbons (Fsp3) is 0.364. The van der Waals surface area contributed by atoms with E-state index in [1.165, 1.54) is 142 Å². The molecule has 12 rings (SSSR count). The maximum Gasteiger partial charge on any atom is 0.375 e. The Balaban J connectivity index is 1.26. The van der Waals surface area contributed by atoms with Crippen molar-refractivity contribution in [2.24, 2.45) is 0 Å². The minimum absolute atomic E-state index is 0.0230. The van der Waals surface area contributed by atoms with Crippen LogP contribution in [-0.4, -0.2) is 6.85 Å². The van der Waals surface area contributed by atoms with Gasteiger partial charge < -0.3 is 14.1 Å². The number of hydrogen-bond donors (Lipinski definition) is 0. The molecule has 0 unspecified atom stereocenters. The molecule has 354 valence electrons. The van der Waals surface area contributed by atoms with Gasteiger partial charge in [0.25, 0.3) is 0 Å². The van der Waals surface area contributed by atoms with E-state index in [2.05, 4.69) is 209 Å². The van der Waals surface area contributed by atoms with Gasteiger partial charge in [0.2, 0.25) is 0 Å². The van der Waals surface area contributed by atoms with Gasteiger partial charge in [-0.1, -0.05) is 135 Å². The van der Waals surface area contributed by atoms with Gasteiger partial charge in [-0.05, 0) is 214 Å². The summed E-state index contributed by atoms with van der Waals surface area (Å²) in [6.45, 7) is 30.9. The molecular weight excluding hydrogens is 848 g/mol. The third-order valence-corrected chi connectivity index (χ3v) is 17.9. The third kappa shape index (κ3) is 6.67. The number of nitrogens with zero attached hydrogens (tertiary/aromatic N) is 2. The molecule has 2 aliphatic carbocycles. The predicted octanol–water partition coefficient (Wildman–Crippen LogP) is 17.2. The van der Waals surface area contributed by atoms with Crippen molar-refractivity contribution in [2.45, 2.75) is 157 Å². The second-order valence-electron chi connectivity index (χ2n) is 24.7. The molecule has 0 saturated carbocycles. The van der Waals surface area contributed by atoms with Crippen LogP contribution in [0.15, 0.2) is 114 Å². The number of hydrogen-bond acceptors (Lipinski definition) is 3. The van der Waals surface area contributed by atoms with Crippen molar-refractivity contribution in [2.75, 3.05) is 9.71 Å². The van der Waals surface area contributed by atoms with Crippen molar-refractivity contribution in [1.29, 1.82) is 0 Å². The zero-order valence-electron chi connectivity index (χ0n) is 44.2. The van der Waals surface area contributed by atoms with Gasteiger partial charge in [0.15, 0.2) is 0 Å². The summed E-state index contributed by atoms with van der Waals surface area (Å²) in [6.07, 6.45) is 8.09. The lowest BCUT2D eigenvalue weighted by molar-refractivity contribution is 0.332. The van der Waals surface area contributed by atoms with Gasteiger partial charge in [-0.2, -0.15) is 0 Å². The number of furan rings is 1. The number of anilines is 5. The van der Waals surface area contributed by atoms with Gasteiger partial charge in [-0.25, -0.2) is 0 Å². The lowest BCUT2D eigenvalue weighted by Crippen LogP contribution is -2.61. The quantitative estimate of drug-likeness (QED) is 0.155. The molecule has 0 N–H and O–H groups in total. The van der Waals surface area contributed by atoms with E-state index >= 15 is 0 Å². The average Bonchev–Trinajstić information content (AvgIpc) is 3.69. The highest BCUT2D eigenvalue weighted by atomic mass is 16.3. The first kappa shape index (κ1) is 45.2. The van der Waals surface area contributed by atoms with Crippen LogP contribution in [0.4, 0.5) is 28.4 Å². The molecule has 2 aliphatic heterocycles. The van der Waals surface area contributed by atoms with Crippen LogP contribution >= 0.6 is 0 Å². The first-order chi connectivity index (χ1) is 33.3. The molecule has 0 fully saturated rings. The molecule has 8 aromatic rings. The molecule has 0 saturated heterocycles.